The molecular weight excluding hydrogens is 274 g/mol. The molecule has 0 saturated heterocycles. The number of nitrogens with zero attached hydrogens (tertiary/aromatic N) is 1. The van der Waals surface area contributed by atoms with Crippen LogP contribution in [-0.2, 0) is 23.1 Å². The third-order valence-corrected chi connectivity index (χ3v) is 5.31. The highest BCUT2D eigenvalue weighted by atomic mass is 32.2. The third kappa shape index (κ3) is 3.79. The lowest BCUT2D eigenvalue weighted by Crippen LogP contribution is -2.44. The van der Waals surface area contributed by atoms with E-state index in [1.165, 1.54) is 15.4 Å². The van der Waals surface area contributed by atoms with Gasteiger partial charge in [-0.05, 0) is 44.0 Å². The van der Waals surface area contributed by atoms with Crippen LogP contribution in [-0.4, -0.2) is 45.9 Å². The minimum Gasteiger partial charge on any atom is -0.320 e. The maximum atomic E-state index is 12.2. The van der Waals surface area contributed by atoms with Crippen LogP contribution in [0, 0.1) is 0 Å². The molecule has 0 fully saturated rings. The van der Waals surface area contributed by atoms with Gasteiger partial charge in [-0.25, -0.2) is 0 Å². The molecule has 0 spiro atoms. The normalized spacial score (nSPS) is 15.8. The molecule has 0 radical (unpaired) electrons. The predicted molar refractivity (Wildman–Crippen MR) is 80.9 cm³/mol. The molecule has 112 valence electrons. The zero-order valence-corrected chi connectivity index (χ0v) is 12.9. The van der Waals surface area contributed by atoms with Crippen molar-refractivity contribution in [3.63, 3.8) is 0 Å². The molecule has 1 aliphatic carbocycles. The Morgan fingerprint density at radius 1 is 1.25 bits per heavy atom. The standard InChI is InChI=1S/C14H23N3O2S/c1-15-8-5-9-17(2)20(18,19)16-14-10-12-6-3-4-7-13(12)11-14/h3-4,6-7,14-16H,5,8-11H2,1-2H3. The van der Waals surface area contributed by atoms with Crippen LogP contribution in [0.3, 0.4) is 0 Å². The van der Waals surface area contributed by atoms with E-state index in [9.17, 15) is 8.42 Å². The summed E-state index contributed by atoms with van der Waals surface area (Å²) in [5.41, 5.74) is 2.50. The van der Waals surface area contributed by atoms with E-state index in [0.717, 1.165) is 25.8 Å². The van der Waals surface area contributed by atoms with Gasteiger partial charge in [-0.3, -0.25) is 0 Å². The molecule has 0 heterocycles. The van der Waals surface area contributed by atoms with Gasteiger partial charge in [-0.15, -0.1) is 0 Å². The van der Waals surface area contributed by atoms with Crippen molar-refractivity contribution < 1.29 is 8.42 Å². The molecule has 20 heavy (non-hydrogen) atoms. The Morgan fingerprint density at radius 3 is 2.40 bits per heavy atom. The van der Waals surface area contributed by atoms with Gasteiger partial charge < -0.3 is 5.32 Å². The van der Waals surface area contributed by atoms with E-state index in [1.54, 1.807) is 7.05 Å². The monoisotopic (exact) mass is 297 g/mol. The van der Waals surface area contributed by atoms with Crippen molar-refractivity contribution in [3.8, 4) is 0 Å². The van der Waals surface area contributed by atoms with Crippen molar-refractivity contribution in [2.75, 3.05) is 27.2 Å². The maximum absolute atomic E-state index is 12.2. The number of benzene rings is 1. The minimum atomic E-state index is -3.39. The molecule has 6 heteroatoms. The Morgan fingerprint density at radius 2 is 1.85 bits per heavy atom. The summed E-state index contributed by atoms with van der Waals surface area (Å²) in [7, 11) is 0.102. The number of nitrogens with one attached hydrogen (secondary N) is 2. The Hall–Kier alpha value is -0.950. The van der Waals surface area contributed by atoms with E-state index in [-0.39, 0.29) is 6.04 Å². The number of rotatable bonds is 7. The van der Waals surface area contributed by atoms with Crippen molar-refractivity contribution in [1.82, 2.24) is 14.3 Å². The van der Waals surface area contributed by atoms with Crippen LogP contribution in [0.5, 0.6) is 0 Å². The lowest BCUT2D eigenvalue weighted by Gasteiger charge is -2.20. The zero-order valence-electron chi connectivity index (χ0n) is 12.1. The Labute approximate surface area is 121 Å². The van der Waals surface area contributed by atoms with Gasteiger partial charge in [0.05, 0.1) is 0 Å². The fourth-order valence-electron chi connectivity index (χ4n) is 2.54. The average molecular weight is 297 g/mol. The van der Waals surface area contributed by atoms with E-state index in [4.69, 9.17) is 0 Å². The summed E-state index contributed by atoms with van der Waals surface area (Å²) >= 11 is 0. The second-order valence-electron chi connectivity index (χ2n) is 5.28. The third-order valence-electron chi connectivity index (χ3n) is 3.68. The molecule has 0 unspecified atom stereocenters. The fourth-order valence-corrected chi connectivity index (χ4v) is 3.68. The molecule has 2 rings (SSSR count). The second-order valence-corrected chi connectivity index (χ2v) is 7.08. The molecule has 1 aromatic rings. The summed E-state index contributed by atoms with van der Waals surface area (Å²) in [4.78, 5) is 0. The van der Waals surface area contributed by atoms with Crippen molar-refractivity contribution in [2.24, 2.45) is 0 Å². The van der Waals surface area contributed by atoms with E-state index >= 15 is 0 Å². The fraction of sp³-hybridized carbons (Fsp3) is 0.571. The largest absolute Gasteiger partial charge is 0.320 e. The van der Waals surface area contributed by atoms with Crippen LogP contribution in [0.4, 0.5) is 0 Å². The Kier molecular flexibility index (Phi) is 5.15. The molecular formula is C14H23N3O2S. The predicted octanol–water partition coefficient (Wildman–Crippen LogP) is 0.530. The molecule has 0 amide bonds. The number of hydrogen-bond donors (Lipinski definition) is 2. The summed E-state index contributed by atoms with van der Waals surface area (Å²) < 4.78 is 28.7. The topological polar surface area (TPSA) is 61.4 Å². The highest BCUT2D eigenvalue weighted by molar-refractivity contribution is 7.87. The van der Waals surface area contributed by atoms with Gasteiger partial charge >= 0.3 is 0 Å². The van der Waals surface area contributed by atoms with Gasteiger partial charge in [0.1, 0.15) is 0 Å². The number of fused-ring (bicyclic) bond motifs is 1. The molecule has 0 bridgehead atoms. The first kappa shape index (κ1) is 15.4. The van der Waals surface area contributed by atoms with Gasteiger partial charge in [0.25, 0.3) is 10.2 Å². The minimum absolute atomic E-state index is 0.0239. The Bertz CT molecular complexity index is 520. The first-order chi connectivity index (χ1) is 9.53. The first-order valence-corrected chi connectivity index (χ1v) is 8.42. The zero-order chi connectivity index (χ0) is 14.6. The highest BCUT2D eigenvalue weighted by Gasteiger charge is 2.27. The van der Waals surface area contributed by atoms with Crippen LogP contribution in [0.15, 0.2) is 24.3 Å². The molecule has 0 atom stereocenters. The van der Waals surface area contributed by atoms with E-state index in [1.807, 2.05) is 19.2 Å². The molecule has 1 aliphatic rings. The molecule has 2 N–H and O–H groups in total. The quantitative estimate of drug-likeness (QED) is 0.722. The summed E-state index contributed by atoms with van der Waals surface area (Å²) in [5, 5.41) is 3.02. The van der Waals surface area contributed by atoms with Gasteiger partial charge in [0.15, 0.2) is 0 Å². The van der Waals surface area contributed by atoms with Crippen LogP contribution in [0.2, 0.25) is 0 Å². The van der Waals surface area contributed by atoms with Crippen molar-refractivity contribution in [2.45, 2.75) is 25.3 Å². The van der Waals surface area contributed by atoms with Crippen LogP contribution in [0.25, 0.3) is 0 Å². The molecule has 1 aromatic carbocycles. The van der Waals surface area contributed by atoms with Gasteiger partial charge in [0, 0.05) is 19.6 Å². The van der Waals surface area contributed by atoms with Gasteiger partial charge in [-0.1, -0.05) is 24.3 Å². The summed E-state index contributed by atoms with van der Waals surface area (Å²) in [5.74, 6) is 0. The SMILES string of the molecule is CNCCCN(C)S(=O)(=O)NC1Cc2ccccc2C1. The van der Waals surface area contributed by atoms with Crippen molar-refractivity contribution in [1.29, 1.82) is 0 Å². The van der Waals surface area contributed by atoms with Gasteiger partial charge in [-0.2, -0.15) is 17.4 Å². The first-order valence-electron chi connectivity index (χ1n) is 6.98. The molecule has 0 aliphatic heterocycles. The van der Waals surface area contributed by atoms with E-state index in [0.29, 0.717) is 6.54 Å². The second kappa shape index (κ2) is 6.67. The number of hydrogen-bond acceptors (Lipinski definition) is 3. The van der Waals surface area contributed by atoms with Crippen LogP contribution in [0.1, 0.15) is 17.5 Å². The van der Waals surface area contributed by atoms with Crippen LogP contribution >= 0.6 is 0 Å². The Balaban J connectivity index is 1.90. The van der Waals surface area contributed by atoms with Crippen LogP contribution < -0.4 is 10.0 Å². The average Bonchev–Trinajstić information content (AvgIpc) is 2.80. The molecule has 0 aromatic heterocycles. The molecule has 5 nitrogen and oxygen atoms in total. The highest BCUT2D eigenvalue weighted by Crippen LogP contribution is 2.22. The van der Waals surface area contributed by atoms with Crippen molar-refractivity contribution in [3.05, 3.63) is 35.4 Å². The maximum Gasteiger partial charge on any atom is 0.279 e. The lowest BCUT2D eigenvalue weighted by atomic mass is 10.1. The van der Waals surface area contributed by atoms with E-state index < -0.39 is 10.2 Å². The summed E-state index contributed by atoms with van der Waals surface area (Å²) in [6, 6.07) is 8.11. The summed E-state index contributed by atoms with van der Waals surface area (Å²) in [6.07, 6.45) is 2.36. The molecule has 0 saturated carbocycles. The van der Waals surface area contributed by atoms with Gasteiger partial charge in [0.2, 0.25) is 0 Å². The lowest BCUT2D eigenvalue weighted by molar-refractivity contribution is 0.438. The van der Waals surface area contributed by atoms with Crippen molar-refractivity contribution >= 4 is 10.2 Å². The smallest absolute Gasteiger partial charge is 0.279 e. The van der Waals surface area contributed by atoms with E-state index in [2.05, 4.69) is 22.2 Å². The summed E-state index contributed by atoms with van der Waals surface area (Å²) in [6.45, 7) is 1.34.